The summed E-state index contributed by atoms with van der Waals surface area (Å²) in [5.74, 6) is 0. The Balaban J connectivity index is 3.23. The zero-order chi connectivity index (χ0) is 9.30. The van der Waals surface area contributed by atoms with Crippen molar-refractivity contribution in [1.29, 1.82) is 0 Å². The summed E-state index contributed by atoms with van der Waals surface area (Å²) in [5.41, 5.74) is 5.99. The first-order valence-electron chi connectivity index (χ1n) is 3.18. The van der Waals surface area contributed by atoms with Crippen molar-refractivity contribution in [1.82, 2.24) is 4.98 Å². The predicted molar refractivity (Wildman–Crippen MR) is 44.2 cm³/mol. The van der Waals surface area contributed by atoms with Gasteiger partial charge in [-0.25, -0.2) is 10.2 Å². The van der Waals surface area contributed by atoms with Crippen LogP contribution in [0.4, 0.5) is 11.4 Å². The summed E-state index contributed by atoms with van der Waals surface area (Å²) in [4.78, 5) is 3.75. The van der Waals surface area contributed by atoms with Crippen molar-refractivity contribution >= 4 is 23.0 Å². The fourth-order valence-electron chi connectivity index (χ4n) is 0.808. The first-order valence-corrected chi connectivity index (χ1v) is 3.56. The Morgan fingerprint density at radius 1 is 1.75 bits per heavy atom. The summed E-state index contributed by atoms with van der Waals surface area (Å²) in [5, 5.41) is 18.3. The van der Waals surface area contributed by atoms with Gasteiger partial charge in [0.25, 0.3) is 0 Å². The van der Waals surface area contributed by atoms with E-state index in [1.54, 1.807) is 6.92 Å². The Labute approximate surface area is 73.9 Å². The van der Waals surface area contributed by atoms with E-state index in [1.165, 1.54) is 6.07 Å². The molecule has 66 valence electrons. The number of halogens is 1. The van der Waals surface area contributed by atoms with Crippen molar-refractivity contribution in [2.24, 2.45) is 0 Å². The third-order valence-corrected chi connectivity index (χ3v) is 1.73. The standard InChI is InChI=1S/C6H8ClN3O2/c1-3-5(10(11)12)2-4(8)6(7)9-3/h2,10-11H,8H2,1H3. The van der Waals surface area contributed by atoms with Crippen LogP contribution in [-0.2, 0) is 0 Å². The maximum atomic E-state index is 10.5. The molecule has 0 bridgehead atoms. The highest BCUT2D eigenvalue weighted by Gasteiger charge is 2.09. The number of hydrogen-bond acceptors (Lipinski definition) is 4. The second-order valence-corrected chi connectivity index (χ2v) is 2.66. The van der Waals surface area contributed by atoms with Gasteiger partial charge in [-0.15, -0.1) is 0 Å². The van der Waals surface area contributed by atoms with Crippen LogP contribution in [-0.4, -0.2) is 10.2 Å². The number of pyridine rings is 1. The van der Waals surface area contributed by atoms with E-state index in [0.717, 1.165) is 0 Å². The fraction of sp³-hybridized carbons (Fsp3) is 0.167. The minimum atomic E-state index is -1.05. The SMILES string of the molecule is Cc1nc(Cl)c(N)cc1[NH+]([O-])O. The van der Waals surface area contributed by atoms with Crippen molar-refractivity contribution in [3.63, 3.8) is 0 Å². The molecular formula is C6H8ClN3O2. The van der Waals surface area contributed by atoms with Crippen LogP contribution in [0.15, 0.2) is 6.07 Å². The fourth-order valence-corrected chi connectivity index (χ4v) is 0.989. The summed E-state index contributed by atoms with van der Waals surface area (Å²) in [6.07, 6.45) is 0. The molecule has 1 unspecified atom stereocenters. The maximum absolute atomic E-state index is 10.5. The average molecular weight is 190 g/mol. The van der Waals surface area contributed by atoms with Crippen molar-refractivity contribution in [2.45, 2.75) is 6.92 Å². The number of aryl methyl sites for hydroxylation is 1. The molecule has 0 aliphatic carbocycles. The summed E-state index contributed by atoms with van der Waals surface area (Å²) in [7, 11) is 0. The summed E-state index contributed by atoms with van der Waals surface area (Å²) in [6, 6.07) is 1.30. The molecule has 1 rings (SSSR count). The third kappa shape index (κ3) is 1.64. The molecule has 1 atom stereocenters. The molecule has 0 saturated heterocycles. The summed E-state index contributed by atoms with van der Waals surface area (Å²) in [6.45, 7) is 1.56. The summed E-state index contributed by atoms with van der Waals surface area (Å²) < 4.78 is 0. The molecule has 1 aromatic rings. The number of aromatic nitrogens is 1. The first kappa shape index (κ1) is 9.21. The Bertz CT molecular complexity index is 303. The lowest BCUT2D eigenvalue weighted by Gasteiger charge is -2.13. The number of anilines is 1. The second kappa shape index (κ2) is 3.24. The minimum absolute atomic E-state index is 0.0805. The number of nitrogens with two attached hydrogens (primary N) is 1. The molecule has 12 heavy (non-hydrogen) atoms. The highest BCUT2D eigenvalue weighted by Crippen LogP contribution is 2.20. The lowest BCUT2D eigenvalue weighted by molar-refractivity contribution is -0.991. The topological polar surface area (TPSA) is 86.6 Å². The van der Waals surface area contributed by atoms with E-state index in [-0.39, 0.29) is 16.5 Å². The van der Waals surface area contributed by atoms with E-state index in [9.17, 15) is 5.21 Å². The number of quaternary nitrogens is 1. The van der Waals surface area contributed by atoms with Crippen molar-refractivity contribution in [3.8, 4) is 0 Å². The van der Waals surface area contributed by atoms with Crippen LogP contribution in [0.2, 0.25) is 5.15 Å². The molecule has 1 aromatic heterocycles. The number of hydrogen-bond donors (Lipinski definition) is 3. The van der Waals surface area contributed by atoms with Crippen molar-refractivity contribution < 1.29 is 10.4 Å². The van der Waals surface area contributed by atoms with Crippen LogP contribution in [0.1, 0.15) is 5.69 Å². The van der Waals surface area contributed by atoms with Gasteiger partial charge >= 0.3 is 0 Å². The van der Waals surface area contributed by atoms with Gasteiger partial charge in [0.05, 0.1) is 5.69 Å². The lowest BCUT2D eigenvalue weighted by Crippen LogP contribution is -2.99. The van der Waals surface area contributed by atoms with E-state index >= 15 is 0 Å². The molecule has 0 aliphatic heterocycles. The van der Waals surface area contributed by atoms with Gasteiger partial charge < -0.3 is 10.9 Å². The van der Waals surface area contributed by atoms with E-state index in [1.807, 2.05) is 0 Å². The Hall–Kier alpha value is -0.880. The quantitative estimate of drug-likeness (QED) is 0.430. The molecule has 0 saturated carbocycles. The molecule has 0 spiro atoms. The highest BCUT2D eigenvalue weighted by atomic mass is 35.5. The smallest absolute Gasteiger partial charge is 0.187 e. The summed E-state index contributed by atoms with van der Waals surface area (Å²) >= 11 is 5.56. The minimum Gasteiger partial charge on any atom is -0.595 e. The third-order valence-electron chi connectivity index (χ3n) is 1.42. The Morgan fingerprint density at radius 2 is 2.33 bits per heavy atom. The van der Waals surface area contributed by atoms with Crippen LogP contribution in [0.3, 0.4) is 0 Å². The van der Waals surface area contributed by atoms with E-state index < -0.39 is 5.23 Å². The number of nitrogens with one attached hydrogen (secondary N) is 1. The van der Waals surface area contributed by atoms with Gasteiger partial charge in [-0.3, -0.25) is 0 Å². The molecule has 0 aromatic carbocycles. The Kier molecular flexibility index (Phi) is 2.49. The first-order chi connectivity index (χ1) is 5.52. The maximum Gasteiger partial charge on any atom is 0.187 e. The van der Waals surface area contributed by atoms with Gasteiger partial charge in [-0.2, -0.15) is 5.23 Å². The molecule has 6 heteroatoms. The molecule has 0 fully saturated rings. The monoisotopic (exact) mass is 189 g/mol. The number of nitrogen functional groups attached to an aromatic ring is 1. The van der Waals surface area contributed by atoms with Crippen LogP contribution in [0.5, 0.6) is 0 Å². The van der Waals surface area contributed by atoms with Crippen LogP contribution >= 0.6 is 11.6 Å². The molecule has 4 N–H and O–H groups in total. The Morgan fingerprint density at radius 3 is 2.83 bits per heavy atom. The normalized spacial score (nSPS) is 13.0. The van der Waals surface area contributed by atoms with Crippen molar-refractivity contribution in [3.05, 3.63) is 22.1 Å². The largest absolute Gasteiger partial charge is 0.595 e. The van der Waals surface area contributed by atoms with Gasteiger partial charge in [0.15, 0.2) is 10.8 Å². The molecular weight excluding hydrogens is 182 g/mol. The number of nitrogens with zero attached hydrogens (tertiary/aromatic N) is 1. The van der Waals surface area contributed by atoms with E-state index in [4.69, 9.17) is 22.5 Å². The molecule has 0 aliphatic rings. The molecule has 5 nitrogen and oxygen atoms in total. The van der Waals surface area contributed by atoms with Crippen LogP contribution in [0.25, 0.3) is 0 Å². The highest BCUT2D eigenvalue weighted by molar-refractivity contribution is 6.31. The van der Waals surface area contributed by atoms with Gasteiger partial charge in [0, 0.05) is 6.07 Å². The molecule has 1 heterocycles. The number of rotatable bonds is 1. The average Bonchev–Trinajstić information content (AvgIpc) is 1.96. The second-order valence-electron chi connectivity index (χ2n) is 2.31. The molecule has 0 amide bonds. The zero-order valence-electron chi connectivity index (χ0n) is 6.34. The van der Waals surface area contributed by atoms with Crippen LogP contribution in [0, 0.1) is 12.1 Å². The predicted octanol–water partition coefficient (Wildman–Crippen LogP) is 0.0290. The lowest BCUT2D eigenvalue weighted by atomic mass is 10.3. The molecule has 0 radical (unpaired) electrons. The van der Waals surface area contributed by atoms with E-state index in [0.29, 0.717) is 5.69 Å². The van der Waals surface area contributed by atoms with Gasteiger partial charge in [-0.05, 0) is 6.92 Å². The zero-order valence-corrected chi connectivity index (χ0v) is 7.09. The van der Waals surface area contributed by atoms with Crippen LogP contribution < -0.4 is 11.0 Å². The van der Waals surface area contributed by atoms with Gasteiger partial charge in [-0.1, -0.05) is 11.6 Å². The van der Waals surface area contributed by atoms with Gasteiger partial charge in [0.1, 0.15) is 5.69 Å². The van der Waals surface area contributed by atoms with E-state index in [2.05, 4.69) is 4.98 Å². The van der Waals surface area contributed by atoms with Gasteiger partial charge in [0.2, 0.25) is 0 Å². The van der Waals surface area contributed by atoms with Crippen molar-refractivity contribution in [2.75, 3.05) is 5.73 Å².